The molecule has 0 unspecified atom stereocenters. The number of hydrogen-bond donors (Lipinski definition) is 1. The van der Waals surface area contributed by atoms with Crippen LogP contribution in [0.5, 0.6) is 0 Å². The quantitative estimate of drug-likeness (QED) is 0.819. The lowest BCUT2D eigenvalue weighted by Crippen LogP contribution is -2.32. The first-order valence-corrected chi connectivity index (χ1v) is 8.72. The van der Waals surface area contributed by atoms with Crippen LogP contribution in [-0.2, 0) is 9.53 Å². The number of carbonyl (C=O) groups is 1. The van der Waals surface area contributed by atoms with Crippen molar-refractivity contribution in [3.63, 3.8) is 0 Å². The molecule has 3 atom stereocenters. The van der Waals surface area contributed by atoms with Gasteiger partial charge in [-0.3, -0.25) is 4.79 Å². The Labute approximate surface area is 149 Å². The number of benzene rings is 2. The van der Waals surface area contributed by atoms with Gasteiger partial charge in [-0.15, -0.1) is 0 Å². The van der Waals surface area contributed by atoms with Crippen LogP contribution in [0.3, 0.4) is 0 Å². The van der Waals surface area contributed by atoms with E-state index in [0.717, 1.165) is 15.6 Å². The Kier molecular flexibility index (Phi) is 3.77. The minimum Gasteiger partial charge on any atom is -0.352 e. The van der Waals surface area contributed by atoms with Crippen LogP contribution in [0.1, 0.15) is 30.1 Å². The molecule has 0 aliphatic carbocycles. The summed E-state index contributed by atoms with van der Waals surface area (Å²) in [7, 11) is 0. The van der Waals surface area contributed by atoms with Gasteiger partial charge in [0.25, 0.3) is 0 Å². The summed E-state index contributed by atoms with van der Waals surface area (Å²) in [6.07, 6.45) is -0.194. The van der Waals surface area contributed by atoms with Crippen LogP contribution in [-0.4, -0.2) is 23.6 Å². The third-order valence-corrected chi connectivity index (χ3v) is 5.22. The lowest BCUT2D eigenvalue weighted by atomic mass is 9.86. The molecule has 0 aromatic heterocycles. The molecule has 24 heavy (non-hydrogen) atoms. The highest BCUT2D eigenvalue weighted by molar-refractivity contribution is 9.10. The fourth-order valence-electron chi connectivity index (χ4n) is 3.23. The fraction of sp³-hybridized carbons (Fsp3) is 0.263. The van der Waals surface area contributed by atoms with Crippen molar-refractivity contribution in [3.8, 4) is 0 Å². The van der Waals surface area contributed by atoms with E-state index < -0.39 is 5.60 Å². The maximum atomic E-state index is 13.1. The minimum atomic E-state index is -0.820. The maximum Gasteiger partial charge on any atom is 0.214 e. The highest BCUT2D eigenvalue weighted by Crippen LogP contribution is 2.50. The highest BCUT2D eigenvalue weighted by Gasteiger charge is 2.61. The second-order valence-electron chi connectivity index (χ2n) is 6.31. The predicted molar refractivity (Wildman–Crippen MR) is 96.0 cm³/mol. The lowest BCUT2D eigenvalue weighted by Gasteiger charge is -2.13. The summed E-state index contributed by atoms with van der Waals surface area (Å²) in [6.45, 7) is 2.49. The molecule has 0 radical (unpaired) electrons. The second-order valence-corrected chi connectivity index (χ2v) is 7.22. The number of ether oxygens (including phenoxy) is 1. The van der Waals surface area contributed by atoms with Crippen LogP contribution in [0.15, 0.2) is 64.2 Å². The smallest absolute Gasteiger partial charge is 0.214 e. The predicted octanol–water partition coefficient (Wildman–Crippen LogP) is 3.59. The van der Waals surface area contributed by atoms with Gasteiger partial charge in [-0.05, 0) is 30.2 Å². The molecule has 2 aliphatic heterocycles. The van der Waals surface area contributed by atoms with Crippen LogP contribution in [0.4, 0.5) is 0 Å². The molecule has 2 aliphatic rings. The Morgan fingerprint density at radius 2 is 1.88 bits per heavy atom. The molecule has 0 bridgehead atoms. The van der Waals surface area contributed by atoms with E-state index >= 15 is 0 Å². The Morgan fingerprint density at radius 1 is 1.17 bits per heavy atom. The van der Waals surface area contributed by atoms with Crippen molar-refractivity contribution in [2.45, 2.75) is 24.5 Å². The number of epoxide rings is 1. The van der Waals surface area contributed by atoms with Gasteiger partial charge in [-0.1, -0.05) is 58.4 Å². The van der Waals surface area contributed by atoms with Gasteiger partial charge >= 0.3 is 0 Å². The van der Waals surface area contributed by atoms with E-state index in [-0.39, 0.29) is 17.8 Å². The van der Waals surface area contributed by atoms with E-state index in [1.807, 2.05) is 61.5 Å². The van der Waals surface area contributed by atoms with E-state index in [1.54, 1.807) is 0 Å². The summed E-state index contributed by atoms with van der Waals surface area (Å²) in [5, 5.41) is 4.28. The Morgan fingerprint density at radius 3 is 2.58 bits per heavy atom. The molecule has 0 saturated carbocycles. The van der Waals surface area contributed by atoms with Crippen molar-refractivity contribution in [2.24, 2.45) is 5.10 Å². The average Bonchev–Trinajstić information content (AvgIpc) is 3.08. The average molecular weight is 385 g/mol. The van der Waals surface area contributed by atoms with Gasteiger partial charge in [0, 0.05) is 11.0 Å². The van der Waals surface area contributed by atoms with Gasteiger partial charge in [-0.2, -0.15) is 5.10 Å². The molecule has 1 fully saturated rings. The number of hydrazone groups is 1. The SMILES string of the molecule is C[C@]1(C(=O)C2=NNC[C@@H]2c2ccc(Br)cc2)O[C@@H]1c1ccccc1. The summed E-state index contributed by atoms with van der Waals surface area (Å²) < 4.78 is 6.82. The van der Waals surface area contributed by atoms with Gasteiger partial charge in [-0.25, -0.2) is 0 Å². The monoisotopic (exact) mass is 384 g/mol. The molecule has 1 N–H and O–H groups in total. The number of rotatable bonds is 4. The first kappa shape index (κ1) is 15.5. The van der Waals surface area contributed by atoms with Gasteiger partial charge in [0.1, 0.15) is 11.8 Å². The standard InChI is InChI=1S/C19H17BrN2O2/c1-19(18(24-19)13-5-3-2-4-6-13)17(23)16-15(11-21-22-16)12-7-9-14(20)10-8-12/h2-10,15,18,21H,11H2,1H3/t15-,18-,19-/m1/s1. The zero-order valence-electron chi connectivity index (χ0n) is 13.2. The normalized spacial score (nSPS) is 28.2. The summed E-state index contributed by atoms with van der Waals surface area (Å²) >= 11 is 3.44. The number of halogens is 1. The van der Waals surface area contributed by atoms with Crippen molar-refractivity contribution >= 4 is 27.4 Å². The van der Waals surface area contributed by atoms with E-state index in [1.165, 1.54) is 0 Å². The molecule has 0 amide bonds. The molecule has 0 spiro atoms. The van der Waals surface area contributed by atoms with Crippen molar-refractivity contribution in [1.82, 2.24) is 5.43 Å². The van der Waals surface area contributed by atoms with Gasteiger partial charge in [0.05, 0.1) is 5.92 Å². The van der Waals surface area contributed by atoms with Crippen LogP contribution in [0, 0.1) is 0 Å². The van der Waals surface area contributed by atoms with Gasteiger partial charge in [0.15, 0.2) is 5.60 Å². The highest BCUT2D eigenvalue weighted by atomic mass is 79.9. The Balaban J connectivity index is 1.57. The summed E-state index contributed by atoms with van der Waals surface area (Å²) in [4.78, 5) is 13.1. The van der Waals surface area contributed by atoms with Crippen LogP contribution in [0.25, 0.3) is 0 Å². The third kappa shape index (κ3) is 2.58. The van der Waals surface area contributed by atoms with Crippen molar-refractivity contribution < 1.29 is 9.53 Å². The molecule has 5 heteroatoms. The zero-order chi connectivity index (χ0) is 16.7. The molecule has 122 valence electrons. The van der Waals surface area contributed by atoms with E-state index in [2.05, 4.69) is 26.5 Å². The number of ketones is 1. The molecule has 1 saturated heterocycles. The van der Waals surface area contributed by atoms with E-state index in [4.69, 9.17) is 4.74 Å². The molecular weight excluding hydrogens is 368 g/mol. The van der Waals surface area contributed by atoms with Crippen molar-refractivity contribution in [1.29, 1.82) is 0 Å². The molecule has 4 nitrogen and oxygen atoms in total. The fourth-order valence-corrected chi connectivity index (χ4v) is 3.49. The number of carbonyl (C=O) groups excluding carboxylic acids is 1. The minimum absolute atomic E-state index is 0.0331. The van der Waals surface area contributed by atoms with E-state index in [9.17, 15) is 4.79 Å². The van der Waals surface area contributed by atoms with E-state index in [0.29, 0.717) is 12.3 Å². The van der Waals surface area contributed by atoms with Crippen LogP contribution in [0.2, 0.25) is 0 Å². The lowest BCUT2D eigenvalue weighted by molar-refractivity contribution is -0.117. The summed E-state index contributed by atoms with van der Waals surface area (Å²) in [5.41, 5.74) is 4.81. The molecule has 2 aromatic carbocycles. The van der Waals surface area contributed by atoms with Gasteiger partial charge < -0.3 is 10.2 Å². The number of nitrogens with one attached hydrogen (secondary N) is 1. The first-order valence-electron chi connectivity index (χ1n) is 7.93. The zero-order valence-corrected chi connectivity index (χ0v) is 14.8. The second kappa shape index (κ2) is 5.83. The summed E-state index contributed by atoms with van der Waals surface area (Å²) in [6, 6.07) is 17.9. The number of Topliss-reactive ketones (excluding diaryl/α,β-unsaturated/α-hetero) is 1. The van der Waals surface area contributed by atoms with Crippen LogP contribution < -0.4 is 5.43 Å². The van der Waals surface area contributed by atoms with Gasteiger partial charge in [0.2, 0.25) is 5.78 Å². The molecule has 4 rings (SSSR count). The molecular formula is C19H17BrN2O2. The Hall–Kier alpha value is -1.98. The number of nitrogens with zero attached hydrogens (tertiary/aromatic N) is 1. The van der Waals surface area contributed by atoms with Crippen molar-refractivity contribution in [3.05, 3.63) is 70.2 Å². The van der Waals surface area contributed by atoms with Crippen molar-refractivity contribution in [2.75, 3.05) is 6.54 Å². The third-order valence-electron chi connectivity index (χ3n) is 4.69. The maximum absolute atomic E-state index is 13.1. The summed E-state index contributed by atoms with van der Waals surface area (Å²) in [5.74, 6) is -0.0719. The van der Waals surface area contributed by atoms with Crippen LogP contribution >= 0.6 is 15.9 Å². The molecule has 2 aromatic rings. The largest absolute Gasteiger partial charge is 0.352 e. The Bertz CT molecular complexity index is 804. The number of hydrogen-bond acceptors (Lipinski definition) is 4. The first-order chi connectivity index (χ1) is 11.6. The molecule has 2 heterocycles. The topological polar surface area (TPSA) is 54.0 Å².